The van der Waals surface area contributed by atoms with Crippen LogP contribution in [0.1, 0.15) is 65.7 Å². The average molecular weight is 813 g/mol. The van der Waals surface area contributed by atoms with Gasteiger partial charge in [0.25, 0.3) is 0 Å². The van der Waals surface area contributed by atoms with Gasteiger partial charge in [-0.3, -0.25) is 9.59 Å². The van der Waals surface area contributed by atoms with E-state index in [1.807, 2.05) is 24.3 Å². The molecular formula is C57H40N4O2. The second-order valence-electron chi connectivity index (χ2n) is 16.5. The maximum absolute atomic E-state index is 14.0. The van der Waals surface area contributed by atoms with Gasteiger partial charge in [0.1, 0.15) is 0 Å². The number of rotatable bonds is 5. The minimum atomic E-state index is -0.182. The van der Waals surface area contributed by atoms with Gasteiger partial charge in [0.15, 0.2) is 11.6 Å². The van der Waals surface area contributed by atoms with E-state index >= 15 is 0 Å². The zero-order valence-electron chi connectivity index (χ0n) is 35.0. The number of nitrogens with one attached hydrogen (secondary N) is 2. The highest BCUT2D eigenvalue weighted by atomic mass is 16.1. The highest BCUT2D eigenvalue weighted by Crippen LogP contribution is 2.39. The number of aryl methyl sites for hydroxylation is 3. The lowest BCUT2D eigenvalue weighted by atomic mass is 9.85. The molecule has 0 atom stereocenters. The van der Waals surface area contributed by atoms with Crippen LogP contribution in [0.25, 0.3) is 96.5 Å². The third kappa shape index (κ3) is 6.69. The van der Waals surface area contributed by atoms with Gasteiger partial charge in [-0.25, -0.2) is 9.97 Å². The highest BCUT2D eigenvalue weighted by Gasteiger charge is 2.27. The number of hydrogen-bond donors (Lipinski definition) is 2. The van der Waals surface area contributed by atoms with E-state index in [-0.39, 0.29) is 11.6 Å². The number of carbonyl (C=O) groups is 2. The molecule has 6 heteroatoms. The minimum Gasteiger partial charge on any atom is -0.354 e. The van der Waals surface area contributed by atoms with E-state index in [2.05, 4.69) is 152 Å². The third-order valence-electron chi connectivity index (χ3n) is 12.2. The molecule has 3 aromatic heterocycles. The van der Waals surface area contributed by atoms with E-state index in [0.717, 1.165) is 89.4 Å². The van der Waals surface area contributed by atoms with Crippen LogP contribution in [0.5, 0.6) is 0 Å². The molecule has 1 aliphatic carbocycles. The summed E-state index contributed by atoms with van der Waals surface area (Å²) in [4.78, 5) is 45.8. The molecular weight excluding hydrogens is 773 g/mol. The zero-order valence-corrected chi connectivity index (χ0v) is 35.0. The summed E-state index contributed by atoms with van der Waals surface area (Å²) >= 11 is 0. The molecule has 5 heterocycles. The molecule has 0 fully saturated rings. The molecule has 6 nitrogen and oxygen atoms in total. The Morgan fingerprint density at radius 3 is 1.19 bits per heavy atom. The van der Waals surface area contributed by atoms with Gasteiger partial charge in [0.05, 0.1) is 22.8 Å². The van der Waals surface area contributed by atoms with Crippen molar-refractivity contribution in [3.8, 4) is 44.5 Å². The first-order valence-electron chi connectivity index (χ1n) is 21.1. The number of hydrogen-bond acceptors (Lipinski definition) is 4. The van der Waals surface area contributed by atoms with Crippen molar-refractivity contribution in [2.45, 2.75) is 20.8 Å². The van der Waals surface area contributed by atoms with Crippen LogP contribution in [0.2, 0.25) is 0 Å². The zero-order chi connectivity index (χ0) is 42.8. The molecule has 8 aromatic rings. The first kappa shape index (κ1) is 37.8. The van der Waals surface area contributed by atoms with Crippen molar-refractivity contribution < 1.29 is 9.59 Å². The van der Waals surface area contributed by atoms with Gasteiger partial charge in [-0.2, -0.15) is 0 Å². The molecule has 2 aliphatic heterocycles. The summed E-state index contributed by atoms with van der Waals surface area (Å²) < 4.78 is 0. The average Bonchev–Trinajstić information content (AvgIpc) is 4.15. The predicted molar refractivity (Wildman–Crippen MR) is 258 cm³/mol. The molecule has 0 saturated heterocycles. The molecule has 0 saturated carbocycles. The fourth-order valence-electron chi connectivity index (χ4n) is 8.95. The summed E-state index contributed by atoms with van der Waals surface area (Å²) in [5.74, 6) is -0.358. The summed E-state index contributed by atoms with van der Waals surface area (Å²) in [6.07, 6.45) is 9.84. The lowest BCUT2D eigenvalue weighted by molar-refractivity contribution is 0.100. The Balaban J connectivity index is 1.24. The highest BCUT2D eigenvalue weighted by molar-refractivity contribution is 6.38. The van der Waals surface area contributed by atoms with Gasteiger partial charge in [0.2, 0.25) is 0 Å². The largest absolute Gasteiger partial charge is 0.354 e. The summed E-state index contributed by atoms with van der Waals surface area (Å²) in [6, 6.07) is 49.1. The van der Waals surface area contributed by atoms with E-state index in [4.69, 9.17) is 9.97 Å². The number of aromatic amines is 2. The van der Waals surface area contributed by atoms with Crippen LogP contribution >= 0.6 is 0 Å². The standard InChI is InChI=1S/C57H40N4O2/c1-33-11-17-36(18-12-33)53-44-23-25-46(58-44)54(37-19-13-34(2)14-20-37)48-27-29-50(60-48)56(40-8-6-7-39(31-40)43-32-52(62)41-9-4-5-10-42(41)57(43)63)51-30-28-49(61-51)55(47-26-24-45(53)59-47)38-21-15-35(3)16-22-38/h4-32,58,61H,1-3H3. The van der Waals surface area contributed by atoms with Crippen molar-refractivity contribution in [2.75, 3.05) is 0 Å². The molecule has 300 valence electrons. The van der Waals surface area contributed by atoms with Gasteiger partial charge in [-0.1, -0.05) is 132 Å². The maximum atomic E-state index is 14.0. The molecule has 0 spiro atoms. The van der Waals surface area contributed by atoms with E-state index in [1.165, 1.54) is 22.8 Å². The Morgan fingerprint density at radius 2 is 0.762 bits per heavy atom. The minimum absolute atomic E-state index is 0.175. The van der Waals surface area contributed by atoms with Crippen LogP contribution in [0, 0.1) is 20.8 Å². The monoisotopic (exact) mass is 812 g/mol. The van der Waals surface area contributed by atoms with E-state index in [9.17, 15) is 9.59 Å². The van der Waals surface area contributed by atoms with Crippen molar-refractivity contribution in [2.24, 2.45) is 0 Å². The Kier molecular flexibility index (Phi) is 9.02. The topological polar surface area (TPSA) is 91.5 Å². The molecule has 3 aliphatic rings. The van der Waals surface area contributed by atoms with Gasteiger partial charge < -0.3 is 9.97 Å². The Labute approximate surface area is 364 Å². The van der Waals surface area contributed by atoms with Crippen LogP contribution < -0.4 is 0 Å². The van der Waals surface area contributed by atoms with Crippen molar-refractivity contribution in [3.63, 3.8) is 0 Å². The summed E-state index contributed by atoms with van der Waals surface area (Å²) in [6.45, 7) is 6.29. The fourth-order valence-corrected chi connectivity index (χ4v) is 8.95. The molecule has 2 N–H and O–H groups in total. The normalized spacial score (nSPS) is 13.0. The van der Waals surface area contributed by atoms with Crippen LogP contribution in [0.4, 0.5) is 0 Å². The quantitative estimate of drug-likeness (QED) is 0.181. The second kappa shape index (κ2) is 15.0. The van der Waals surface area contributed by atoms with Gasteiger partial charge in [0, 0.05) is 61.0 Å². The third-order valence-corrected chi connectivity index (χ3v) is 12.2. The summed E-state index contributed by atoms with van der Waals surface area (Å²) in [5, 5.41) is 0. The van der Waals surface area contributed by atoms with Crippen molar-refractivity contribution in [3.05, 3.63) is 208 Å². The van der Waals surface area contributed by atoms with Crippen molar-refractivity contribution in [1.82, 2.24) is 19.9 Å². The van der Waals surface area contributed by atoms with Gasteiger partial charge >= 0.3 is 0 Å². The lowest BCUT2D eigenvalue weighted by Crippen LogP contribution is -2.16. The number of aromatic nitrogens is 4. The van der Waals surface area contributed by atoms with Gasteiger partial charge in [-0.15, -0.1) is 0 Å². The Morgan fingerprint density at radius 1 is 0.381 bits per heavy atom. The Bertz CT molecular complexity index is 3440. The number of benzene rings is 5. The van der Waals surface area contributed by atoms with Gasteiger partial charge in [-0.05, 0) is 109 Å². The Hall–Kier alpha value is -8.22. The van der Waals surface area contributed by atoms with E-state index in [0.29, 0.717) is 22.3 Å². The SMILES string of the molecule is Cc1ccc(-c2c3nc(c(-c4ccc(C)cc4)c4ccc([nH]4)c(-c4cccc(C5=CC(=O)c6ccccc6C5=O)c4)c4nc(c(-c5ccc(C)cc5)c5ccc2[nH]5)C=C4)C=C3)cc1. The molecule has 5 aromatic carbocycles. The molecule has 63 heavy (non-hydrogen) atoms. The van der Waals surface area contributed by atoms with Crippen molar-refractivity contribution >= 4 is 63.5 Å². The maximum Gasteiger partial charge on any atom is 0.194 e. The number of H-pyrrole nitrogens is 2. The number of Topliss-reactive ketones (excluding diaryl/α,β-unsaturated/α-hetero) is 1. The van der Waals surface area contributed by atoms with E-state index in [1.54, 1.807) is 24.3 Å². The molecule has 8 bridgehead atoms. The number of nitrogens with zero attached hydrogens (tertiary/aromatic N) is 2. The first-order chi connectivity index (χ1) is 30.8. The smallest absolute Gasteiger partial charge is 0.194 e. The van der Waals surface area contributed by atoms with Crippen LogP contribution in [-0.4, -0.2) is 31.5 Å². The number of fused-ring (bicyclic) bond motifs is 9. The molecule has 0 amide bonds. The lowest BCUT2D eigenvalue weighted by Gasteiger charge is -2.16. The van der Waals surface area contributed by atoms with Crippen LogP contribution in [-0.2, 0) is 0 Å². The summed E-state index contributed by atoms with van der Waals surface area (Å²) in [5.41, 5.74) is 20.0. The molecule has 0 unspecified atom stereocenters. The summed E-state index contributed by atoms with van der Waals surface area (Å²) in [7, 11) is 0. The fraction of sp³-hybridized carbons (Fsp3) is 0.0526. The molecule has 11 rings (SSSR count). The first-order valence-corrected chi connectivity index (χ1v) is 21.1. The van der Waals surface area contributed by atoms with Crippen LogP contribution in [0.15, 0.2) is 152 Å². The second-order valence-corrected chi connectivity index (χ2v) is 16.5. The predicted octanol–water partition coefficient (Wildman–Crippen LogP) is 13.7. The number of carbonyl (C=O) groups excluding carboxylic acids is 2. The number of allylic oxidation sites excluding steroid dienone is 2. The number of ketones is 2. The molecule has 0 radical (unpaired) electrons. The van der Waals surface area contributed by atoms with E-state index < -0.39 is 0 Å². The van der Waals surface area contributed by atoms with Crippen molar-refractivity contribution in [1.29, 1.82) is 0 Å². The van der Waals surface area contributed by atoms with Crippen LogP contribution in [0.3, 0.4) is 0 Å².